The number of rotatable bonds is 3. The van der Waals surface area contributed by atoms with Crippen molar-refractivity contribution in [3.8, 4) is 0 Å². The lowest BCUT2D eigenvalue weighted by Crippen LogP contribution is -2.41. The van der Waals surface area contributed by atoms with Crippen molar-refractivity contribution in [1.82, 2.24) is 4.90 Å². The summed E-state index contributed by atoms with van der Waals surface area (Å²) in [5, 5.41) is 10.3. The maximum absolute atomic E-state index is 11.8. The average Bonchev–Trinajstić information content (AvgIpc) is 2.81. The summed E-state index contributed by atoms with van der Waals surface area (Å²) in [6, 6.07) is 7.56. The van der Waals surface area contributed by atoms with Gasteiger partial charge in [0, 0.05) is 23.4 Å². The Kier molecular flexibility index (Phi) is 3.42. The lowest BCUT2D eigenvalue weighted by molar-refractivity contribution is -0.143. The molecule has 0 spiro atoms. The molecule has 1 aliphatic rings. The van der Waals surface area contributed by atoms with Crippen LogP contribution in [0.1, 0.15) is 15.2 Å². The predicted octanol–water partition coefficient (Wildman–Crippen LogP) is 1.96. The van der Waals surface area contributed by atoms with Gasteiger partial charge in [0.25, 0.3) is 0 Å². The smallest absolute Gasteiger partial charge is 0.346 e. The van der Waals surface area contributed by atoms with Crippen molar-refractivity contribution in [1.29, 1.82) is 0 Å². The van der Waals surface area contributed by atoms with Crippen LogP contribution in [0.3, 0.4) is 0 Å². The third kappa shape index (κ3) is 2.28. The van der Waals surface area contributed by atoms with E-state index < -0.39 is 5.97 Å². The number of benzene rings is 1. The van der Waals surface area contributed by atoms with Crippen LogP contribution >= 0.6 is 11.3 Å². The van der Waals surface area contributed by atoms with Crippen molar-refractivity contribution in [3.05, 3.63) is 34.7 Å². The van der Waals surface area contributed by atoms with Crippen LogP contribution in [0.2, 0.25) is 0 Å². The number of amides is 1. The first kappa shape index (κ1) is 13.1. The third-order valence-corrected chi connectivity index (χ3v) is 4.53. The second-order valence-corrected chi connectivity index (χ2v) is 5.63. The van der Waals surface area contributed by atoms with Crippen molar-refractivity contribution in [2.45, 2.75) is 6.54 Å². The molecule has 1 saturated heterocycles. The lowest BCUT2D eigenvalue weighted by Gasteiger charge is -2.26. The molecule has 6 heteroatoms. The van der Waals surface area contributed by atoms with Gasteiger partial charge in [-0.2, -0.15) is 0 Å². The summed E-state index contributed by atoms with van der Waals surface area (Å²) in [5.74, 6) is -1.04. The molecule has 0 unspecified atom stereocenters. The van der Waals surface area contributed by atoms with E-state index in [0.717, 1.165) is 10.1 Å². The molecular weight excluding hydrogens is 278 g/mol. The Hall–Kier alpha value is -1.92. The van der Waals surface area contributed by atoms with Crippen LogP contribution in [0.25, 0.3) is 10.1 Å². The molecule has 2 heterocycles. The predicted molar refractivity (Wildman–Crippen MR) is 75.0 cm³/mol. The molecule has 1 N–H and O–H groups in total. The van der Waals surface area contributed by atoms with E-state index >= 15 is 0 Å². The van der Waals surface area contributed by atoms with Crippen LogP contribution in [0.15, 0.2) is 24.3 Å². The zero-order valence-electron chi connectivity index (χ0n) is 10.7. The number of ether oxygens (including phenoxy) is 1. The number of carboxylic acids is 1. The fourth-order valence-electron chi connectivity index (χ4n) is 2.34. The van der Waals surface area contributed by atoms with Crippen molar-refractivity contribution in [2.75, 3.05) is 19.8 Å². The minimum atomic E-state index is -0.943. The molecule has 1 amide bonds. The quantitative estimate of drug-likeness (QED) is 0.938. The standard InChI is InChI=1S/C14H13NO4S/c16-12-8-19-6-5-15(12)7-10-9-3-1-2-4-11(9)20-13(10)14(17)18/h1-4H,5-8H2,(H,17,18). The molecule has 1 aromatic heterocycles. The van der Waals surface area contributed by atoms with Gasteiger partial charge in [-0.05, 0) is 11.5 Å². The number of carboxylic acid groups (broad SMARTS) is 1. The van der Waals surface area contributed by atoms with Gasteiger partial charge in [-0.15, -0.1) is 11.3 Å². The molecule has 104 valence electrons. The van der Waals surface area contributed by atoms with Crippen molar-refractivity contribution in [2.24, 2.45) is 0 Å². The number of carbonyl (C=O) groups is 2. The van der Waals surface area contributed by atoms with E-state index in [9.17, 15) is 14.7 Å². The van der Waals surface area contributed by atoms with Gasteiger partial charge in [-0.1, -0.05) is 18.2 Å². The molecule has 0 radical (unpaired) electrons. The van der Waals surface area contributed by atoms with Crippen LogP contribution in [0, 0.1) is 0 Å². The molecule has 5 nitrogen and oxygen atoms in total. The van der Waals surface area contributed by atoms with E-state index in [0.29, 0.717) is 30.1 Å². The first-order chi connectivity index (χ1) is 9.66. The molecule has 2 aromatic rings. The number of thiophene rings is 1. The topological polar surface area (TPSA) is 66.8 Å². The number of aromatic carboxylic acids is 1. The SMILES string of the molecule is O=C(O)c1sc2ccccc2c1CN1CCOCC1=O. The number of nitrogens with zero attached hydrogens (tertiary/aromatic N) is 1. The number of fused-ring (bicyclic) bond motifs is 1. The summed E-state index contributed by atoms with van der Waals surface area (Å²) in [6.45, 7) is 1.40. The monoisotopic (exact) mass is 291 g/mol. The minimum absolute atomic E-state index is 0.0739. The third-order valence-electron chi connectivity index (χ3n) is 3.33. The lowest BCUT2D eigenvalue weighted by atomic mass is 10.1. The highest BCUT2D eigenvalue weighted by molar-refractivity contribution is 7.21. The molecule has 0 aliphatic carbocycles. The molecule has 1 aromatic carbocycles. The summed E-state index contributed by atoms with van der Waals surface area (Å²) in [5.41, 5.74) is 0.716. The number of hydrogen-bond acceptors (Lipinski definition) is 4. The highest BCUT2D eigenvalue weighted by Gasteiger charge is 2.24. The number of morpholine rings is 1. The fourth-order valence-corrected chi connectivity index (χ4v) is 3.39. The molecule has 1 aliphatic heterocycles. The first-order valence-corrected chi connectivity index (χ1v) is 7.07. The Bertz CT molecular complexity index is 679. The van der Waals surface area contributed by atoms with E-state index in [1.807, 2.05) is 24.3 Å². The van der Waals surface area contributed by atoms with Gasteiger partial charge in [0.1, 0.15) is 11.5 Å². The van der Waals surface area contributed by atoms with Gasteiger partial charge in [-0.3, -0.25) is 4.79 Å². The Balaban J connectivity index is 2.02. The van der Waals surface area contributed by atoms with Gasteiger partial charge in [-0.25, -0.2) is 4.79 Å². The largest absolute Gasteiger partial charge is 0.477 e. The Labute approximate surface area is 119 Å². The van der Waals surface area contributed by atoms with E-state index in [4.69, 9.17) is 4.74 Å². The van der Waals surface area contributed by atoms with E-state index in [1.165, 1.54) is 11.3 Å². The molecule has 0 bridgehead atoms. The van der Waals surface area contributed by atoms with Crippen LogP contribution in [-0.2, 0) is 16.1 Å². The highest BCUT2D eigenvalue weighted by atomic mass is 32.1. The zero-order valence-corrected chi connectivity index (χ0v) is 11.5. The summed E-state index contributed by atoms with van der Waals surface area (Å²) < 4.78 is 6.02. The number of carbonyl (C=O) groups excluding carboxylic acids is 1. The number of hydrogen-bond donors (Lipinski definition) is 1. The summed E-state index contributed by atoms with van der Waals surface area (Å²) >= 11 is 1.25. The van der Waals surface area contributed by atoms with Crippen LogP contribution < -0.4 is 0 Å². The van der Waals surface area contributed by atoms with Crippen molar-refractivity contribution in [3.63, 3.8) is 0 Å². The molecule has 0 atom stereocenters. The van der Waals surface area contributed by atoms with Crippen molar-refractivity contribution < 1.29 is 19.4 Å². The van der Waals surface area contributed by atoms with Crippen molar-refractivity contribution >= 4 is 33.3 Å². The van der Waals surface area contributed by atoms with E-state index in [1.54, 1.807) is 4.90 Å². The summed E-state index contributed by atoms with van der Waals surface area (Å²) in [7, 11) is 0. The fraction of sp³-hybridized carbons (Fsp3) is 0.286. The molecule has 1 fully saturated rings. The van der Waals surface area contributed by atoms with Gasteiger partial charge in [0.15, 0.2) is 0 Å². The Morgan fingerprint density at radius 3 is 2.95 bits per heavy atom. The molecular formula is C14H13NO4S. The normalized spacial score (nSPS) is 15.8. The maximum atomic E-state index is 11.8. The first-order valence-electron chi connectivity index (χ1n) is 6.26. The maximum Gasteiger partial charge on any atom is 0.346 e. The van der Waals surface area contributed by atoms with Crippen LogP contribution in [-0.4, -0.2) is 41.6 Å². The molecule has 3 rings (SSSR count). The van der Waals surface area contributed by atoms with E-state index in [-0.39, 0.29) is 12.5 Å². The summed E-state index contributed by atoms with van der Waals surface area (Å²) in [6.07, 6.45) is 0. The van der Waals surface area contributed by atoms with Crippen LogP contribution in [0.4, 0.5) is 0 Å². The van der Waals surface area contributed by atoms with Crippen LogP contribution in [0.5, 0.6) is 0 Å². The molecule has 20 heavy (non-hydrogen) atoms. The molecule has 0 saturated carbocycles. The highest BCUT2D eigenvalue weighted by Crippen LogP contribution is 2.32. The van der Waals surface area contributed by atoms with Gasteiger partial charge in [0.2, 0.25) is 5.91 Å². The second-order valence-electron chi connectivity index (χ2n) is 4.58. The zero-order chi connectivity index (χ0) is 14.1. The van der Waals surface area contributed by atoms with E-state index in [2.05, 4.69) is 0 Å². The summed E-state index contributed by atoms with van der Waals surface area (Å²) in [4.78, 5) is 25.2. The minimum Gasteiger partial charge on any atom is -0.477 e. The Morgan fingerprint density at radius 1 is 1.40 bits per heavy atom. The van der Waals surface area contributed by atoms with Gasteiger partial charge >= 0.3 is 5.97 Å². The van der Waals surface area contributed by atoms with Gasteiger partial charge in [0.05, 0.1) is 6.61 Å². The second kappa shape index (κ2) is 5.22. The average molecular weight is 291 g/mol. The Morgan fingerprint density at radius 2 is 2.20 bits per heavy atom. The van der Waals surface area contributed by atoms with Gasteiger partial charge < -0.3 is 14.7 Å².